The predicted molar refractivity (Wildman–Crippen MR) is 144 cm³/mol. The van der Waals surface area contributed by atoms with Crippen LogP contribution in [0, 0.1) is 0 Å². The molecule has 1 spiro atoms. The number of anilines is 1. The molecule has 0 radical (unpaired) electrons. The second-order valence-corrected chi connectivity index (χ2v) is 11.5. The molecule has 8 heteroatoms. The average molecular weight is 532 g/mol. The molecule has 35 heavy (non-hydrogen) atoms. The van der Waals surface area contributed by atoms with Crippen LogP contribution in [0.3, 0.4) is 0 Å². The van der Waals surface area contributed by atoms with Crippen LogP contribution in [0.25, 0.3) is 0 Å². The Balaban J connectivity index is 1.93. The third-order valence-electron chi connectivity index (χ3n) is 6.48. The second-order valence-electron chi connectivity index (χ2n) is 10.2. The number of amides is 1. The van der Waals surface area contributed by atoms with Gasteiger partial charge in [-0.25, -0.2) is 0 Å². The van der Waals surface area contributed by atoms with Gasteiger partial charge in [0.1, 0.15) is 17.6 Å². The number of thiocarbonyl (C=S) groups is 1. The van der Waals surface area contributed by atoms with Crippen molar-refractivity contribution in [2.75, 3.05) is 11.9 Å². The molecule has 1 amide bonds. The van der Waals surface area contributed by atoms with Crippen LogP contribution >= 0.6 is 35.4 Å². The molecular weight excluding hydrogens is 503 g/mol. The first-order valence-electron chi connectivity index (χ1n) is 11.4. The molecule has 0 bridgehead atoms. The van der Waals surface area contributed by atoms with E-state index in [0.717, 1.165) is 11.1 Å². The third-order valence-corrected chi connectivity index (χ3v) is 7.35. The van der Waals surface area contributed by atoms with E-state index in [1.165, 1.54) is 0 Å². The first-order valence-corrected chi connectivity index (χ1v) is 12.5. The molecule has 184 valence electrons. The van der Waals surface area contributed by atoms with Crippen molar-refractivity contribution in [2.24, 2.45) is 0 Å². The Labute approximate surface area is 221 Å². The number of nitrogens with zero attached hydrogens (tertiary/aromatic N) is 1. The highest BCUT2D eigenvalue weighted by molar-refractivity contribution is 7.80. The lowest BCUT2D eigenvalue weighted by Gasteiger charge is -2.52. The zero-order valence-electron chi connectivity index (χ0n) is 20.2. The standard InChI is InChI=1S/C27H28Cl2N2O3S/c1-15(2)24-27(19-10-9-18(29)12-21(19)30-25(27)33)20(16-7-6-8-17(28)11-16)13-22(35)31(24)14-23(32)34-26(3,4)5/h6-12,20,24H,1,13-14H2,2-5H3,(H,30,33)/t20-,24-,27-/m0/s1. The van der Waals surface area contributed by atoms with Crippen LogP contribution in [0.1, 0.15) is 51.2 Å². The number of carbonyl (C=O) groups is 2. The summed E-state index contributed by atoms with van der Waals surface area (Å²) in [5.74, 6) is -0.950. The maximum atomic E-state index is 14.1. The number of esters is 1. The van der Waals surface area contributed by atoms with Crippen molar-refractivity contribution in [1.82, 2.24) is 4.90 Å². The monoisotopic (exact) mass is 530 g/mol. The van der Waals surface area contributed by atoms with Crippen LogP contribution in [0.2, 0.25) is 10.0 Å². The van der Waals surface area contributed by atoms with Crippen LogP contribution in [0.4, 0.5) is 5.69 Å². The summed E-state index contributed by atoms with van der Waals surface area (Å²) in [6, 6.07) is 12.3. The number of hydrogen-bond donors (Lipinski definition) is 1. The fraction of sp³-hybridized carbons (Fsp3) is 0.370. The minimum Gasteiger partial charge on any atom is -0.459 e. The van der Waals surface area contributed by atoms with Crippen molar-refractivity contribution >= 4 is 58.0 Å². The number of carbonyl (C=O) groups excluding carboxylic acids is 2. The van der Waals surface area contributed by atoms with Gasteiger partial charge in [-0.3, -0.25) is 9.59 Å². The Bertz CT molecular complexity index is 1240. The summed E-state index contributed by atoms with van der Waals surface area (Å²) in [6.07, 6.45) is 0.373. The highest BCUT2D eigenvalue weighted by atomic mass is 35.5. The molecule has 1 fully saturated rings. The number of halogens is 2. The van der Waals surface area contributed by atoms with Gasteiger partial charge in [0.25, 0.3) is 0 Å². The zero-order valence-corrected chi connectivity index (χ0v) is 22.5. The molecule has 1 saturated heterocycles. The average Bonchev–Trinajstić information content (AvgIpc) is 3.00. The van der Waals surface area contributed by atoms with E-state index < -0.39 is 23.0 Å². The molecule has 0 saturated carbocycles. The van der Waals surface area contributed by atoms with E-state index in [9.17, 15) is 9.59 Å². The van der Waals surface area contributed by atoms with Gasteiger partial charge in [-0.2, -0.15) is 0 Å². The summed E-state index contributed by atoms with van der Waals surface area (Å²) < 4.78 is 5.60. The Kier molecular flexibility index (Phi) is 6.77. The van der Waals surface area contributed by atoms with Crippen molar-refractivity contribution in [3.8, 4) is 0 Å². The van der Waals surface area contributed by atoms with Gasteiger partial charge < -0.3 is 15.0 Å². The molecule has 2 aliphatic heterocycles. The number of hydrogen-bond acceptors (Lipinski definition) is 4. The fourth-order valence-corrected chi connectivity index (χ4v) is 6.14. The number of rotatable bonds is 4. The third kappa shape index (κ3) is 4.59. The van der Waals surface area contributed by atoms with Gasteiger partial charge in [-0.05, 0) is 63.1 Å². The van der Waals surface area contributed by atoms with E-state index >= 15 is 0 Å². The van der Waals surface area contributed by atoms with E-state index in [1.54, 1.807) is 23.1 Å². The first kappa shape index (κ1) is 25.7. The van der Waals surface area contributed by atoms with Crippen LogP contribution < -0.4 is 5.32 Å². The van der Waals surface area contributed by atoms with Crippen molar-refractivity contribution in [3.05, 3.63) is 75.8 Å². The maximum absolute atomic E-state index is 14.1. The first-order chi connectivity index (χ1) is 16.3. The Morgan fingerprint density at radius 2 is 1.91 bits per heavy atom. The van der Waals surface area contributed by atoms with E-state index in [0.29, 0.717) is 32.7 Å². The second kappa shape index (κ2) is 9.23. The van der Waals surface area contributed by atoms with Gasteiger partial charge in [-0.15, -0.1) is 0 Å². The van der Waals surface area contributed by atoms with Crippen molar-refractivity contribution in [2.45, 2.75) is 57.1 Å². The van der Waals surface area contributed by atoms with Gasteiger partial charge in [0.2, 0.25) is 5.91 Å². The molecule has 2 aliphatic rings. The van der Waals surface area contributed by atoms with Gasteiger partial charge >= 0.3 is 5.97 Å². The minimum absolute atomic E-state index is 0.0894. The van der Waals surface area contributed by atoms with Crippen LogP contribution in [-0.2, 0) is 19.7 Å². The van der Waals surface area contributed by atoms with Gasteiger partial charge in [0.15, 0.2) is 0 Å². The Morgan fingerprint density at radius 3 is 2.54 bits per heavy atom. The molecule has 3 atom stereocenters. The summed E-state index contributed by atoms with van der Waals surface area (Å²) in [6.45, 7) is 11.5. The van der Waals surface area contributed by atoms with Crippen LogP contribution in [0.5, 0.6) is 0 Å². The van der Waals surface area contributed by atoms with E-state index in [-0.39, 0.29) is 18.4 Å². The number of benzene rings is 2. The number of fused-ring (bicyclic) bond motifs is 2. The molecule has 1 N–H and O–H groups in total. The molecule has 0 aromatic heterocycles. The van der Waals surface area contributed by atoms with E-state index in [4.69, 9.17) is 40.2 Å². The highest BCUT2D eigenvalue weighted by Crippen LogP contribution is 2.56. The van der Waals surface area contributed by atoms with Crippen molar-refractivity contribution < 1.29 is 14.3 Å². The molecule has 2 heterocycles. The molecule has 5 nitrogen and oxygen atoms in total. The zero-order chi connectivity index (χ0) is 25.7. The number of likely N-dealkylation sites (tertiary alicyclic amines) is 1. The molecule has 2 aromatic rings. The fourth-order valence-electron chi connectivity index (χ4n) is 5.43. The van der Waals surface area contributed by atoms with Crippen molar-refractivity contribution in [3.63, 3.8) is 0 Å². The molecular formula is C27H28Cl2N2O3S. The van der Waals surface area contributed by atoms with E-state index in [2.05, 4.69) is 11.9 Å². The normalized spacial score (nSPS) is 23.8. The minimum atomic E-state index is -1.11. The van der Waals surface area contributed by atoms with Gasteiger partial charge in [0.05, 0.1) is 11.0 Å². The quantitative estimate of drug-likeness (QED) is 0.286. The summed E-state index contributed by atoms with van der Waals surface area (Å²) in [7, 11) is 0. The molecule has 2 aromatic carbocycles. The SMILES string of the molecule is C=C(C)[C@@H]1N(CC(=O)OC(C)(C)C)C(=S)C[C@@H](c2cccc(Cl)c2)[C@]12C(=O)Nc1cc(Cl)ccc12. The largest absolute Gasteiger partial charge is 0.459 e. The van der Waals surface area contributed by atoms with Gasteiger partial charge in [0, 0.05) is 28.1 Å². The van der Waals surface area contributed by atoms with Crippen molar-refractivity contribution in [1.29, 1.82) is 0 Å². The maximum Gasteiger partial charge on any atom is 0.326 e. The lowest BCUT2D eigenvalue weighted by Crippen LogP contribution is -2.64. The molecule has 0 unspecified atom stereocenters. The van der Waals surface area contributed by atoms with Crippen LogP contribution in [-0.4, -0.2) is 40.0 Å². The van der Waals surface area contributed by atoms with E-state index in [1.807, 2.05) is 52.0 Å². The highest BCUT2D eigenvalue weighted by Gasteiger charge is 2.62. The Hall–Kier alpha value is -2.41. The van der Waals surface area contributed by atoms with Gasteiger partial charge in [-0.1, -0.05) is 65.8 Å². The Morgan fingerprint density at radius 1 is 1.23 bits per heavy atom. The summed E-state index contributed by atoms with van der Waals surface area (Å²) in [4.78, 5) is 29.3. The lowest BCUT2D eigenvalue weighted by atomic mass is 9.59. The summed E-state index contributed by atoms with van der Waals surface area (Å²) in [5, 5.41) is 4.13. The summed E-state index contributed by atoms with van der Waals surface area (Å²) in [5.41, 5.74) is 1.28. The molecule has 4 rings (SSSR count). The topological polar surface area (TPSA) is 58.6 Å². The number of piperidine rings is 1. The predicted octanol–water partition coefficient (Wildman–Crippen LogP) is 6.29. The summed E-state index contributed by atoms with van der Waals surface area (Å²) >= 11 is 18.5. The number of nitrogens with one attached hydrogen (secondary N) is 1. The van der Waals surface area contributed by atoms with Crippen LogP contribution in [0.15, 0.2) is 54.6 Å². The smallest absolute Gasteiger partial charge is 0.326 e. The number of ether oxygens (including phenoxy) is 1. The lowest BCUT2D eigenvalue weighted by molar-refractivity contribution is -0.156. The molecule has 0 aliphatic carbocycles.